The van der Waals surface area contributed by atoms with Gasteiger partial charge in [-0.2, -0.15) is 13.2 Å². The summed E-state index contributed by atoms with van der Waals surface area (Å²) < 4.78 is 37.8. The zero-order valence-electron chi connectivity index (χ0n) is 12.3. The molecule has 0 amide bonds. The monoisotopic (exact) mass is 309 g/mol. The molecule has 20 heavy (non-hydrogen) atoms. The molecule has 0 atom stereocenters. The number of thiazole rings is 1. The minimum atomic E-state index is -4.20. The molecule has 1 aromatic rings. The third kappa shape index (κ3) is 5.66. The van der Waals surface area contributed by atoms with Crippen LogP contribution in [0.3, 0.4) is 0 Å². The topological polar surface area (TPSA) is 28.2 Å². The number of halogens is 3. The van der Waals surface area contributed by atoms with E-state index < -0.39 is 12.7 Å². The van der Waals surface area contributed by atoms with Crippen molar-refractivity contribution < 1.29 is 13.2 Å². The van der Waals surface area contributed by atoms with Crippen LogP contribution in [-0.2, 0) is 6.54 Å². The number of aryl methyl sites for hydroxylation is 1. The van der Waals surface area contributed by atoms with Crippen LogP contribution in [0, 0.1) is 6.92 Å². The highest BCUT2D eigenvalue weighted by molar-refractivity contribution is 7.15. The van der Waals surface area contributed by atoms with Crippen LogP contribution < -0.4 is 10.2 Å². The third-order valence-electron chi connectivity index (χ3n) is 2.69. The summed E-state index contributed by atoms with van der Waals surface area (Å²) in [6, 6.07) is 0.335. The minimum Gasteiger partial charge on any atom is -0.339 e. The minimum absolute atomic E-state index is 0.335. The molecule has 1 aromatic heterocycles. The summed E-state index contributed by atoms with van der Waals surface area (Å²) in [5.74, 6) is 0. The number of hydrogen-bond donors (Lipinski definition) is 1. The summed E-state index contributed by atoms with van der Waals surface area (Å²) in [5.41, 5.74) is 0.807. The summed E-state index contributed by atoms with van der Waals surface area (Å²) in [6.07, 6.45) is -3.54. The van der Waals surface area contributed by atoms with E-state index in [9.17, 15) is 13.2 Å². The van der Waals surface area contributed by atoms with E-state index in [1.807, 2.05) is 27.7 Å². The first-order valence-electron chi connectivity index (χ1n) is 6.74. The first-order chi connectivity index (χ1) is 9.23. The summed E-state index contributed by atoms with van der Waals surface area (Å²) in [4.78, 5) is 6.61. The second kappa shape index (κ2) is 7.26. The van der Waals surface area contributed by atoms with Crippen LogP contribution >= 0.6 is 11.3 Å². The number of nitrogens with one attached hydrogen (secondary N) is 1. The first kappa shape index (κ1) is 17.2. The molecule has 0 bridgehead atoms. The van der Waals surface area contributed by atoms with Crippen molar-refractivity contribution in [2.24, 2.45) is 0 Å². The van der Waals surface area contributed by atoms with Gasteiger partial charge in [-0.15, -0.1) is 11.3 Å². The number of anilines is 1. The van der Waals surface area contributed by atoms with Crippen molar-refractivity contribution in [2.45, 2.75) is 52.9 Å². The Bertz CT molecular complexity index is 415. The van der Waals surface area contributed by atoms with Gasteiger partial charge in [0, 0.05) is 24.0 Å². The van der Waals surface area contributed by atoms with Crippen molar-refractivity contribution in [3.8, 4) is 0 Å². The van der Waals surface area contributed by atoms with Gasteiger partial charge in [0.25, 0.3) is 0 Å². The van der Waals surface area contributed by atoms with E-state index in [1.54, 1.807) is 0 Å². The number of alkyl halides is 3. The molecule has 0 aromatic carbocycles. The molecule has 1 heterocycles. The average molecular weight is 309 g/mol. The lowest BCUT2D eigenvalue weighted by Gasteiger charge is -2.22. The van der Waals surface area contributed by atoms with E-state index in [2.05, 4.69) is 10.3 Å². The molecular formula is C13H22F3N3S. The van der Waals surface area contributed by atoms with Crippen molar-refractivity contribution in [1.29, 1.82) is 0 Å². The standard InChI is InChI=1S/C13H22F3N3S/c1-5-6-19(8-13(14,15)16)12-18-10(4)11(20-12)7-17-9(2)3/h9,17H,5-8H2,1-4H3. The highest BCUT2D eigenvalue weighted by atomic mass is 32.1. The second-order valence-corrected chi connectivity index (χ2v) is 6.14. The highest BCUT2D eigenvalue weighted by Crippen LogP contribution is 2.29. The SMILES string of the molecule is CCCN(CC(F)(F)F)c1nc(C)c(CNC(C)C)s1. The number of aromatic nitrogens is 1. The Hall–Kier alpha value is -0.820. The first-order valence-corrected chi connectivity index (χ1v) is 7.56. The second-order valence-electron chi connectivity index (χ2n) is 5.08. The van der Waals surface area contributed by atoms with Gasteiger partial charge in [-0.05, 0) is 13.3 Å². The highest BCUT2D eigenvalue weighted by Gasteiger charge is 2.31. The van der Waals surface area contributed by atoms with Crippen molar-refractivity contribution in [3.63, 3.8) is 0 Å². The predicted octanol–water partition coefficient (Wildman–Crippen LogP) is 3.73. The Morgan fingerprint density at radius 2 is 2.00 bits per heavy atom. The molecule has 0 aliphatic carbocycles. The largest absolute Gasteiger partial charge is 0.406 e. The van der Waals surface area contributed by atoms with Crippen molar-refractivity contribution in [2.75, 3.05) is 18.0 Å². The Morgan fingerprint density at radius 3 is 2.50 bits per heavy atom. The molecular weight excluding hydrogens is 287 g/mol. The van der Waals surface area contributed by atoms with Crippen molar-refractivity contribution in [1.82, 2.24) is 10.3 Å². The van der Waals surface area contributed by atoms with Gasteiger partial charge < -0.3 is 10.2 Å². The smallest absolute Gasteiger partial charge is 0.339 e. The van der Waals surface area contributed by atoms with Crippen LogP contribution in [0.25, 0.3) is 0 Å². The normalized spacial score (nSPS) is 12.2. The molecule has 0 radical (unpaired) electrons. The maximum atomic E-state index is 12.6. The van der Waals surface area contributed by atoms with Gasteiger partial charge in [0.05, 0.1) is 5.69 Å². The van der Waals surface area contributed by atoms with Crippen LogP contribution in [0.2, 0.25) is 0 Å². The molecule has 1 N–H and O–H groups in total. The maximum Gasteiger partial charge on any atom is 0.406 e. The molecule has 0 aliphatic heterocycles. The van der Waals surface area contributed by atoms with Gasteiger partial charge in [-0.25, -0.2) is 4.98 Å². The Labute approximate surface area is 122 Å². The van der Waals surface area contributed by atoms with E-state index in [0.717, 1.165) is 10.6 Å². The average Bonchev–Trinajstić information content (AvgIpc) is 2.66. The lowest BCUT2D eigenvalue weighted by atomic mass is 10.3. The molecule has 116 valence electrons. The Kier molecular flexibility index (Phi) is 6.26. The summed E-state index contributed by atoms with van der Waals surface area (Å²) >= 11 is 1.34. The van der Waals surface area contributed by atoms with Gasteiger partial charge >= 0.3 is 6.18 Å². The van der Waals surface area contributed by atoms with Gasteiger partial charge in [-0.3, -0.25) is 0 Å². The summed E-state index contributed by atoms with van der Waals surface area (Å²) in [6.45, 7) is 7.84. The quantitative estimate of drug-likeness (QED) is 0.832. The van der Waals surface area contributed by atoms with E-state index in [4.69, 9.17) is 0 Å². The van der Waals surface area contributed by atoms with Gasteiger partial charge in [0.2, 0.25) is 0 Å². The fraction of sp³-hybridized carbons (Fsp3) is 0.769. The molecule has 7 heteroatoms. The fourth-order valence-corrected chi connectivity index (χ4v) is 2.77. The van der Waals surface area contributed by atoms with E-state index in [0.29, 0.717) is 30.7 Å². The third-order valence-corrected chi connectivity index (χ3v) is 3.90. The predicted molar refractivity (Wildman–Crippen MR) is 77.4 cm³/mol. The van der Waals surface area contributed by atoms with E-state index in [-0.39, 0.29) is 0 Å². The zero-order valence-corrected chi connectivity index (χ0v) is 13.2. The summed E-state index contributed by atoms with van der Waals surface area (Å²) in [7, 11) is 0. The lowest BCUT2D eigenvalue weighted by molar-refractivity contribution is -0.119. The molecule has 1 rings (SSSR count). The lowest BCUT2D eigenvalue weighted by Crippen LogP contribution is -2.34. The van der Waals surface area contributed by atoms with Crippen LogP contribution in [0.5, 0.6) is 0 Å². The van der Waals surface area contributed by atoms with Gasteiger partial charge in [-0.1, -0.05) is 20.8 Å². The molecule has 0 spiro atoms. The van der Waals surface area contributed by atoms with Crippen molar-refractivity contribution in [3.05, 3.63) is 10.6 Å². The van der Waals surface area contributed by atoms with Crippen LogP contribution in [0.4, 0.5) is 18.3 Å². The molecule has 0 fully saturated rings. The van der Waals surface area contributed by atoms with Crippen LogP contribution in [-0.4, -0.2) is 30.3 Å². The van der Waals surface area contributed by atoms with Gasteiger partial charge in [0.1, 0.15) is 6.54 Å². The zero-order chi connectivity index (χ0) is 15.3. The Balaban J connectivity index is 2.83. The van der Waals surface area contributed by atoms with Gasteiger partial charge in [0.15, 0.2) is 5.13 Å². The maximum absolute atomic E-state index is 12.6. The van der Waals surface area contributed by atoms with E-state index >= 15 is 0 Å². The van der Waals surface area contributed by atoms with Crippen LogP contribution in [0.1, 0.15) is 37.8 Å². The Morgan fingerprint density at radius 1 is 1.35 bits per heavy atom. The van der Waals surface area contributed by atoms with E-state index in [1.165, 1.54) is 16.2 Å². The number of nitrogens with zero attached hydrogens (tertiary/aromatic N) is 2. The summed E-state index contributed by atoms with van der Waals surface area (Å²) in [5, 5.41) is 3.73. The number of hydrogen-bond acceptors (Lipinski definition) is 4. The van der Waals surface area contributed by atoms with Crippen LogP contribution in [0.15, 0.2) is 0 Å². The molecule has 0 aliphatic rings. The fourth-order valence-electron chi connectivity index (χ4n) is 1.74. The molecule has 0 saturated heterocycles. The number of rotatable bonds is 7. The molecule has 0 unspecified atom stereocenters. The molecule has 3 nitrogen and oxygen atoms in total. The molecule has 0 saturated carbocycles. The van der Waals surface area contributed by atoms with Crippen molar-refractivity contribution >= 4 is 16.5 Å².